The topological polar surface area (TPSA) is 21.3 Å². The molecule has 1 fully saturated rings. The van der Waals surface area contributed by atoms with Gasteiger partial charge in [0.05, 0.1) is 12.7 Å². The molecule has 0 spiro atoms. The highest BCUT2D eigenvalue weighted by Gasteiger charge is 2.23. The molecule has 0 radical (unpaired) electrons. The predicted molar refractivity (Wildman–Crippen MR) is 80.2 cm³/mol. The van der Waals surface area contributed by atoms with E-state index in [4.69, 9.17) is 4.74 Å². The summed E-state index contributed by atoms with van der Waals surface area (Å²) in [6.45, 7) is 5.91. The third-order valence-corrected chi connectivity index (χ3v) is 3.75. The van der Waals surface area contributed by atoms with Gasteiger partial charge in [-0.25, -0.2) is 4.39 Å². The van der Waals surface area contributed by atoms with Crippen LogP contribution in [0.15, 0.2) is 24.3 Å². The molecule has 1 saturated carbocycles. The Morgan fingerprint density at radius 1 is 1.40 bits per heavy atom. The number of rotatable bonds is 9. The molecule has 1 aliphatic rings. The Hall–Kier alpha value is -0.930. The van der Waals surface area contributed by atoms with Crippen molar-refractivity contribution in [3.05, 3.63) is 35.6 Å². The summed E-state index contributed by atoms with van der Waals surface area (Å²) in [5.41, 5.74) is 0.932. The van der Waals surface area contributed by atoms with Gasteiger partial charge in [0.15, 0.2) is 0 Å². The van der Waals surface area contributed by atoms with Crippen LogP contribution in [0.1, 0.15) is 51.2 Å². The SMILES string of the molecule is CCCC(C)COC(CNC1CC1)c1cccc(F)c1. The van der Waals surface area contributed by atoms with Crippen molar-refractivity contribution in [3.63, 3.8) is 0 Å². The molecule has 2 atom stereocenters. The molecule has 1 N–H and O–H groups in total. The molecule has 2 unspecified atom stereocenters. The van der Waals surface area contributed by atoms with E-state index in [0.29, 0.717) is 12.0 Å². The molecule has 0 saturated heterocycles. The van der Waals surface area contributed by atoms with Gasteiger partial charge in [0.1, 0.15) is 5.82 Å². The smallest absolute Gasteiger partial charge is 0.123 e. The van der Waals surface area contributed by atoms with E-state index in [1.165, 1.54) is 31.7 Å². The van der Waals surface area contributed by atoms with Gasteiger partial charge < -0.3 is 10.1 Å². The van der Waals surface area contributed by atoms with Gasteiger partial charge in [-0.05, 0) is 42.9 Å². The minimum Gasteiger partial charge on any atom is -0.372 e. The Labute approximate surface area is 121 Å². The second-order valence-electron chi connectivity index (χ2n) is 5.95. The first-order valence-electron chi connectivity index (χ1n) is 7.79. The van der Waals surface area contributed by atoms with Crippen molar-refractivity contribution < 1.29 is 9.13 Å². The van der Waals surface area contributed by atoms with Crippen LogP contribution < -0.4 is 5.32 Å². The molecule has 3 heteroatoms. The second kappa shape index (κ2) is 7.75. The maximum Gasteiger partial charge on any atom is 0.123 e. The molecule has 1 aliphatic carbocycles. The van der Waals surface area contributed by atoms with Gasteiger partial charge in [-0.3, -0.25) is 0 Å². The Bertz CT molecular complexity index is 406. The number of hydrogen-bond donors (Lipinski definition) is 1. The molecule has 0 aromatic heterocycles. The Balaban J connectivity index is 1.92. The number of halogens is 1. The lowest BCUT2D eigenvalue weighted by molar-refractivity contribution is 0.0295. The van der Waals surface area contributed by atoms with E-state index in [0.717, 1.165) is 18.7 Å². The lowest BCUT2D eigenvalue weighted by Gasteiger charge is -2.21. The highest BCUT2D eigenvalue weighted by Crippen LogP contribution is 2.23. The molecular weight excluding hydrogens is 253 g/mol. The number of nitrogens with one attached hydrogen (secondary N) is 1. The quantitative estimate of drug-likeness (QED) is 0.735. The van der Waals surface area contributed by atoms with Crippen LogP contribution in [0.25, 0.3) is 0 Å². The largest absolute Gasteiger partial charge is 0.372 e. The van der Waals surface area contributed by atoms with Crippen molar-refractivity contribution in [1.29, 1.82) is 0 Å². The summed E-state index contributed by atoms with van der Waals surface area (Å²) in [5.74, 6) is 0.362. The molecule has 112 valence electrons. The maximum absolute atomic E-state index is 13.4. The van der Waals surface area contributed by atoms with Crippen LogP contribution in [0.3, 0.4) is 0 Å². The van der Waals surface area contributed by atoms with E-state index in [1.807, 2.05) is 6.07 Å². The summed E-state index contributed by atoms with van der Waals surface area (Å²) in [7, 11) is 0. The van der Waals surface area contributed by atoms with Crippen molar-refractivity contribution in [1.82, 2.24) is 5.32 Å². The zero-order chi connectivity index (χ0) is 14.4. The third-order valence-electron chi connectivity index (χ3n) is 3.75. The van der Waals surface area contributed by atoms with Crippen LogP contribution in [0.5, 0.6) is 0 Å². The van der Waals surface area contributed by atoms with E-state index in [9.17, 15) is 4.39 Å². The minimum atomic E-state index is -0.191. The fourth-order valence-electron chi connectivity index (χ4n) is 2.40. The van der Waals surface area contributed by atoms with Crippen LogP contribution in [-0.4, -0.2) is 19.2 Å². The first-order valence-corrected chi connectivity index (χ1v) is 7.79. The second-order valence-corrected chi connectivity index (χ2v) is 5.95. The van der Waals surface area contributed by atoms with Gasteiger partial charge in [0.2, 0.25) is 0 Å². The summed E-state index contributed by atoms with van der Waals surface area (Å²) < 4.78 is 19.4. The number of benzene rings is 1. The average molecular weight is 279 g/mol. The van der Waals surface area contributed by atoms with Crippen molar-refractivity contribution in [3.8, 4) is 0 Å². The van der Waals surface area contributed by atoms with Crippen molar-refractivity contribution >= 4 is 0 Å². The Kier molecular flexibility index (Phi) is 5.99. The molecule has 1 aromatic rings. The molecule has 0 amide bonds. The molecule has 0 heterocycles. The van der Waals surface area contributed by atoms with Gasteiger partial charge in [-0.2, -0.15) is 0 Å². The van der Waals surface area contributed by atoms with Crippen LogP contribution in [0.2, 0.25) is 0 Å². The van der Waals surface area contributed by atoms with E-state index >= 15 is 0 Å². The highest BCUT2D eigenvalue weighted by molar-refractivity contribution is 5.19. The summed E-state index contributed by atoms with van der Waals surface area (Å²) in [6, 6.07) is 7.42. The number of ether oxygens (including phenoxy) is 1. The summed E-state index contributed by atoms with van der Waals surface area (Å²) in [4.78, 5) is 0. The molecule has 20 heavy (non-hydrogen) atoms. The first kappa shape index (κ1) is 15.5. The molecule has 1 aromatic carbocycles. The molecule has 0 bridgehead atoms. The number of hydrogen-bond acceptors (Lipinski definition) is 2. The average Bonchev–Trinajstić information content (AvgIpc) is 3.23. The molecule has 2 rings (SSSR count). The van der Waals surface area contributed by atoms with Crippen molar-refractivity contribution in [2.24, 2.45) is 5.92 Å². The summed E-state index contributed by atoms with van der Waals surface area (Å²) in [5, 5.41) is 3.48. The first-order chi connectivity index (χ1) is 9.69. The summed E-state index contributed by atoms with van der Waals surface area (Å²) >= 11 is 0. The van der Waals surface area contributed by atoms with Gasteiger partial charge in [-0.1, -0.05) is 32.4 Å². The lowest BCUT2D eigenvalue weighted by Crippen LogP contribution is -2.26. The molecule has 0 aliphatic heterocycles. The normalized spacial score (nSPS) is 17.9. The third kappa shape index (κ3) is 5.22. The van der Waals surface area contributed by atoms with E-state index < -0.39 is 0 Å². The fourth-order valence-corrected chi connectivity index (χ4v) is 2.40. The molecule has 2 nitrogen and oxygen atoms in total. The van der Waals surface area contributed by atoms with Gasteiger partial charge in [-0.15, -0.1) is 0 Å². The van der Waals surface area contributed by atoms with Crippen LogP contribution in [-0.2, 0) is 4.74 Å². The zero-order valence-corrected chi connectivity index (χ0v) is 12.6. The van der Waals surface area contributed by atoms with Gasteiger partial charge in [0, 0.05) is 12.6 Å². The van der Waals surface area contributed by atoms with Gasteiger partial charge >= 0.3 is 0 Å². The van der Waals surface area contributed by atoms with Gasteiger partial charge in [0.25, 0.3) is 0 Å². The Morgan fingerprint density at radius 3 is 2.85 bits per heavy atom. The maximum atomic E-state index is 13.4. The van der Waals surface area contributed by atoms with Crippen LogP contribution in [0.4, 0.5) is 4.39 Å². The van der Waals surface area contributed by atoms with E-state index in [-0.39, 0.29) is 11.9 Å². The van der Waals surface area contributed by atoms with Crippen LogP contribution >= 0.6 is 0 Å². The van der Waals surface area contributed by atoms with E-state index in [1.54, 1.807) is 12.1 Å². The van der Waals surface area contributed by atoms with Crippen LogP contribution in [0, 0.1) is 11.7 Å². The predicted octanol–water partition coefficient (Wildman–Crippen LogP) is 4.07. The van der Waals surface area contributed by atoms with Crippen molar-refractivity contribution in [2.75, 3.05) is 13.2 Å². The summed E-state index contributed by atoms with van der Waals surface area (Å²) in [6.07, 6.45) is 4.80. The molecular formula is C17H26FNO. The minimum absolute atomic E-state index is 0.0504. The monoisotopic (exact) mass is 279 g/mol. The van der Waals surface area contributed by atoms with Crippen molar-refractivity contribution in [2.45, 2.75) is 51.7 Å². The standard InChI is InChI=1S/C17H26FNO/c1-3-5-13(2)12-20-17(11-19-16-8-9-16)14-6-4-7-15(18)10-14/h4,6-7,10,13,16-17,19H,3,5,8-9,11-12H2,1-2H3. The highest BCUT2D eigenvalue weighted by atomic mass is 19.1. The fraction of sp³-hybridized carbons (Fsp3) is 0.647. The Morgan fingerprint density at radius 2 is 2.20 bits per heavy atom. The lowest BCUT2D eigenvalue weighted by atomic mass is 10.1. The zero-order valence-electron chi connectivity index (χ0n) is 12.6. The van der Waals surface area contributed by atoms with E-state index in [2.05, 4.69) is 19.2 Å².